The van der Waals surface area contributed by atoms with Gasteiger partial charge in [0.25, 0.3) is 5.91 Å². The van der Waals surface area contributed by atoms with E-state index in [-0.39, 0.29) is 11.9 Å². The zero-order chi connectivity index (χ0) is 13.0. The normalized spacial score (nSPS) is 16.4. The Labute approximate surface area is 113 Å². The smallest absolute Gasteiger partial charge is 0.279 e. The minimum Gasteiger partial charge on any atom is -0.358 e. The highest BCUT2D eigenvalue weighted by Crippen LogP contribution is 2.13. The lowest BCUT2D eigenvalue weighted by molar-refractivity contribution is -0.115. The molecule has 1 saturated heterocycles. The van der Waals surface area contributed by atoms with Crippen LogP contribution in [0.3, 0.4) is 0 Å². The largest absolute Gasteiger partial charge is 0.358 e. The fraction of sp³-hybridized carbons (Fsp3) is 0.429. The molecule has 0 radical (unpaired) electrons. The first-order valence-corrected chi connectivity index (χ1v) is 6.74. The summed E-state index contributed by atoms with van der Waals surface area (Å²) in [6.45, 7) is 3.79. The summed E-state index contributed by atoms with van der Waals surface area (Å²) in [7, 11) is 0. The van der Waals surface area contributed by atoms with E-state index in [1.807, 2.05) is 42.2 Å². The van der Waals surface area contributed by atoms with E-state index in [2.05, 4.69) is 5.32 Å². The van der Waals surface area contributed by atoms with Gasteiger partial charge >= 0.3 is 0 Å². The predicted molar refractivity (Wildman–Crippen MR) is 76.4 cm³/mol. The van der Waals surface area contributed by atoms with Gasteiger partial charge in [-0.25, -0.2) is 0 Å². The van der Waals surface area contributed by atoms with E-state index >= 15 is 0 Å². The van der Waals surface area contributed by atoms with Crippen LogP contribution < -0.4 is 5.32 Å². The van der Waals surface area contributed by atoms with Crippen LogP contribution in [0.4, 0.5) is 0 Å². The lowest BCUT2D eigenvalue weighted by Crippen LogP contribution is -2.41. The standard InChI is InChI=1S/C14H18N2OS/c1-11(12-7-3-2-4-8-12)15-13(17)14(18)16-9-5-6-10-16/h2-4,7-8,11H,5-6,9-10H2,1H3,(H,15,17). The third-order valence-electron chi connectivity index (χ3n) is 3.23. The van der Waals surface area contributed by atoms with Gasteiger partial charge < -0.3 is 10.2 Å². The van der Waals surface area contributed by atoms with Gasteiger partial charge in [-0.2, -0.15) is 0 Å². The minimum atomic E-state index is -0.136. The van der Waals surface area contributed by atoms with Crippen molar-refractivity contribution in [1.82, 2.24) is 10.2 Å². The number of rotatable bonds is 2. The van der Waals surface area contributed by atoms with Gasteiger partial charge in [0.1, 0.15) is 0 Å². The number of carbonyl (C=O) groups excluding carboxylic acids is 1. The molecule has 0 bridgehead atoms. The van der Waals surface area contributed by atoms with Crippen molar-refractivity contribution >= 4 is 23.1 Å². The van der Waals surface area contributed by atoms with Crippen molar-refractivity contribution in [3.8, 4) is 0 Å². The lowest BCUT2D eigenvalue weighted by Gasteiger charge is -2.20. The molecule has 1 aliphatic rings. The monoisotopic (exact) mass is 262 g/mol. The molecule has 1 N–H and O–H groups in total. The molecule has 3 nitrogen and oxygen atoms in total. The number of hydrogen-bond acceptors (Lipinski definition) is 2. The second-order valence-corrected chi connectivity index (χ2v) is 4.99. The van der Waals surface area contributed by atoms with Crippen LogP contribution in [0, 0.1) is 0 Å². The van der Waals surface area contributed by atoms with Gasteiger partial charge in [-0.15, -0.1) is 0 Å². The van der Waals surface area contributed by atoms with Gasteiger partial charge in [-0.05, 0) is 25.3 Å². The van der Waals surface area contributed by atoms with Crippen LogP contribution in [0.25, 0.3) is 0 Å². The van der Waals surface area contributed by atoms with Crippen LogP contribution in [0.15, 0.2) is 30.3 Å². The van der Waals surface area contributed by atoms with Crippen LogP contribution in [-0.2, 0) is 4.79 Å². The summed E-state index contributed by atoms with van der Waals surface area (Å²) < 4.78 is 0. The molecule has 4 heteroatoms. The van der Waals surface area contributed by atoms with E-state index in [1.54, 1.807) is 0 Å². The summed E-state index contributed by atoms with van der Waals surface area (Å²) in [5.74, 6) is -0.136. The van der Waals surface area contributed by atoms with Crippen LogP contribution in [0.1, 0.15) is 31.4 Å². The highest BCUT2D eigenvalue weighted by atomic mass is 32.1. The van der Waals surface area contributed by atoms with Crippen molar-refractivity contribution in [3.05, 3.63) is 35.9 Å². The summed E-state index contributed by atoms with van der Waals surface area (Å²) >= 11 is 5.22. The molecule has 1 heterocycles. The van der Waals surface area contributed by atoms with Crippen molar-refractivity contribution in [2.45, 2.75) is 25.8 Å². The van der Waals surface area contributed by atoms with Gasteiger partial charge in [0.15, 0.2) is 4.99 Å². The van der Waals surface area contributed by atoms with Gasteiger partial charge in [0, 0.05) is 13.1 Å². The van der Waals surface area contributed by atoms with Crippen molar-refractivity contribution in [2.75, 3.05) is 13.1 Å². The molecule has 1 aromatic rings. The summed E-state index contributed by atoms with van der Waals surface area (Å²) in [5.41, 5.74) is 1.09. The molecule has 1 fully saturated rings. The molecule has 2 rings (SSSR count). The van der Waals surface area contributed by atoms with E-state index in [4.69, 9.17) is 12.2 Å². The Balaban J connectivity index is 1.92. The van der Waals surface area contributed by atoms with E-state index < -0.39 is 0 Å². The number of amides is 1. The molecule has 1 unspecified atom stereocenters. The van der Waals surface area contributed by atoms with E-state index in [9.17, 15) is 4.79 Å². The maximum absolute atomic E-state index is 12.0. The Morgan fingerprint density at radius 3 is 2.50 bits per heavy atom. The molecule has 96 valence electrons. The van der Waals surface area contributed by atoms with Crippen LogP contribution >= 0.6 is 12.2 Å². The highest BCUT2D eigenvalue weighted by molar-refractivity contribution is 7.82. The van der Waals surface area contributed by atoms with E-state index in [1.165, 1.54) is 0 Å². The number of thiocarbonyl (C=S) groups is 1. The highest BCUT2D eigenvalue weighted by Gasteiger charge is 2.21. The Morgan fingerprint density at radius 1 is 1.28 bits per heavy atom. The Bertz CT molecular complexity index is 427. The number of benzene rings is 1. The molecule has 0 saturated carbocycles. The number of carbonyl (C=O) groups is 1. The first-order valence-electron chi connectivity index (χ1n) is 6.33. The van der Waals surface area contributed by atoms with Crippen LogP contribution in [0.5, 0.6) is 0 Å². The molecular weight excluding hydrogens is 244 g/mol. The number of hydrogen-bond donors (Lipinski definition) is 1. The summed E-state index contributed by atoms with van der Waals surface area (Å²) in [4.78, 5) is 14.4. The first kappa shape index (κ1) is 13.0. The SMILES string of the molecule is CC(NC(=O)C(=S)N1CCCC1)c1ccccc1. The van der Waals surface area contributed by atoms with Gasteiger partial charge in [-0.3, -0.25) is 4.79 Å². The number of nitrogens with one attached hydrogen (secondary N) is 1. The quantitative estimate of drug-likeness (QED) is 0.830. The number of likely N-dealkylation sites (tertiary alicyclic amines) is 1. The zero-order valence-electron chi connectivity index (χ0n) is 10.6. The van der Waals surface area contributed by atoms with Crippen LogP contribution in [-0.4, -0.2) is 28.9 Å². The average molecular weight is 262 g/mol. The van der Waals surface area contributed by atoms with E-state index in [0.29, 0.717) is 4.99 Å². The molecule has 0 spiro atoms. The fourth-order valence-corrected chi connectivity index (χ4v) is 2.39. The Morgan fingerprint density at radius 2 is 1.89 bits per heavy atom. The van der Waals surface area contributed by atoms with E-state index in [0.717, 1.165) is 31.5 Å². The predicted octanol–water partition coefficient (Wildman–Crippen LogP) is 2.29. The van der Waals surface area contributed by atoms with Gasteiger partial charge in [-0.1, -0.05) is 42.5 Å². The molecule has 1 aromatic carbocycles. The second-order valence-electron chi connectivity index (χ2n) is 4.61. The lowest BCUT2D eigenvalue weighted by atomic mass is 10.1. The molecule has 0 aromatic heterocycles. The van der Waals surface area contributed by atoms with Crippen molar-refractivity contribution in [2.24, 2.45) is 0 Å². The minimum absolute atomic E-state index is 0.0146. The first-order chi connectivity index (χ1) is 8.68. The fourth-order valence-electron chi connectivity index (χ4n) is 2.15. The molecule has 1 amide bonds. The molecular formula is C14H18N2OS. The second kappa shape index (κ2) is 5.96. The zero-order valence-corrected chi connectivity index (χ0v) is 11.4. The summed E-state index contributed by atoms with van der Waals surface area (Å²) in [5, 5.41) is 2.95. The molecule has 1 aliphatic heterocycles. The molecule has 0 aliphatic carbocycles. The van der Waals surface area contributed by atoms with Crippen molar-refractivity contribution in [3.63, 3.8) is 0 Å². The Hall–Kier alpha value is -1.42. The maximum Gasteiger partial charge on any atom is 0.279 e. The maximum atomic E-state index is 12.0. The Kier molecular flexibility index (Phi) is 4.31. The van der Waals surface area contributed by atoms with Crippen LogP contribution in [0.2, 0.25) is 0 Å². The average Bonchev–Trinajstić information content (AvgIpc) is 2.92. The topological polar surface area (TPSA) is 32.3 Å². The van der Waals surface area contributed by atoms with Crippen molar-refractivity contribution in [1.29, 1.82) is 0 Å². The molecule has 18 heavy (non-hydrogen) atoms. The third kappa shape index (κ3) is 3.07. The van der Waals surface area contributed by atoms with Gasteiger partial charge in [0.2, 0.25) is 0 Å². The third-order valence-corrected chi connectivity index (χ3v) is 3.68. The van der Waals surface area contributed by atoms with Crippen molar-refractivity contribution < 1.29 is 4.79 Å². The number of nitrogens with zero attached hydrogens (tertiary/aromatic N) is 1. The molecule has 1 atom stereocenters. The summed E-state index contributed by atoms with van der Waals surface area (Å²) in [6, 6.07) is 9.90. The van der Waals surface area contributed by atoms with Gasteiger partial charge in [0.05, 0.1) is 6.04 Å². The summed E-state index contributed by atoms with van der Waals surface area (Å²) in [6.07, 6.45) is 2.25.